The summed E-state index contributed by atoms with van der Waals surface area (Å²) in [6.07, 6.45) is 0.486. The van der Waals surface area contributed by atoms with E-state index in [0.717, 1.165) is 24.7 Å². The maximum atomic E-state index is 13.9. The lowest BCUT2D eigenvalue weighted by atomic mass is 9.91. The molecule has 0 radical (unpaired) electrons. The molecule has 0 aliphatic rings. The van der Waals surface area contributed by atoms with Gasteiger partial charge in [0.2, 0.25) is 0 Å². The maximum Gasteiger partial charge on any atom is 0.162 e. The van der Waals surface area contributed by atoms with Gasteiger partial charge in [-0.05, 0) is 37.1 Å². The third kappa shape index (κ3) is 4.11. The number of hydrogen-bond donors (Lipinski definition) is 1. The zero-order valence-electron chi connectivity index (χ0n) is 12.5. The number of aryl methyl sites for hydroxylation is 1. The first-order chi connectivity index (χ1) is 10.1. The molecule has 2 aromatic carbocycles. The molecule has 2 aromatic rings. The van der Waals surface area contributed by atoms with Crippen molar-refractivity contribution < 1.29 is 8.78 Å². The Kier molecular flexibility index (Phi) is 5.45. The van der Waals surface area contributed by atoms with Crippen molar-refractivity contribution in [3.05, 3.63) is 70.8 Å². The van der Waals surface area contributed by atoms with Crippen molar-refractivity contribution in [3.63, 3.8) is 0 Å². The molecule has 0 spiro atoms. The Labute approximate surface area is 125 Å². The van der Waals surface area contributed by atoms with Gasteiger partial charge in [0.15, 0.2) is 11.6 Å². The smallest absolute Gasteiger partial charge is 0.162 e. The first kappa shape index (κ1) is 15.6. The molecule has 1 atom stereocenters. The van der Waals surface area contributed by atoms with Crippen molar-refractivity contribution in [2.75, 3.05) is 13.1 Å². The summed E-state index contributed by atoms with van der Waals surface area (Å²) in [4.78, 5) is 0. The first-order valence-electron chi connectivity index (χ1n) is 7.32. The molecule has 3 heteroatoms. The minimum atomic E-state index is -0.779. The van der Waals surface area contributed by atoms with E-state index >= 15 is 0 Å². The Hall–Kier alpha value is -1.74. The van der Waals surface area contributed by atoms with Crippen molar-refractivity contribution >= 4 is 0 Å². The standard InChI is InChI=1S/C18H21F2N/c1-3-21-12-16(14-9-7-13(2)8-10-14)11-15-5-4-6-17(19)18(15)20/h4-10,16,21H,3,11-12H2,1-2H3. The molecular formula is C18H21F2N. The normalized spacial score (nSPS) is 12.4. The second-order valence-corrected chi connectivity index (χ2v) is 5.33. The highest BCUT2D eigenvalue weighted by atomic mass is 19.2. The van der Waals surface area contributed by atoms with Gasteiger partial charge in [-0.2, -0.15) is 0 Å². The number of rotatable bonds is 6. The molecule has 1 nitrogen and oxygen atoms in total. The molecule has 1 unspecified atom stereocenters. The second-order valence-electron chi connectivity index (χ2n) is 5.33. The third-order valence-electron chi connectivity index (χ3n) is 3.69. The van der Waals surface area contributed by atoms with Gasteiger partial charge in [-0.25, -0.2) is 8.78 Å². The Morgan fingerprint density at radius 1 is 1.05 bits per heavy atom. The highest BCUT2D eigenvalue weighted by Crippen LogP contribution is 2.23. The molecule has 112 valence electrons. The van der Waals surface area contributed by atoms with Gasteiger partial charge in [-0.3, -0.25) is 0 Å². The van der Waals surface area contributed by atoms with E-state index in [4.69, 9.17) is 0 Å². The number of halogens is 2. The highest BCUT2D eigenvalue weighted by Gasteiger charge is 2.16. The number of hydrogen-bond acceptors (Lipinski definition) is 1. The van der Waals surface area contributed by atoms with E-state index in [0.29, 0.717) is 12.0 Å². The van der Waals surface area contributed by atoms with E-state index in [2.05, 4.69) is 29.6 Å². The van der Waals surface area contributed by atoms with E-state index < -0.39 is 11.6 Å². The van der Waals surface area contributed by atoms with Gasteiger partial charge in [0.05, 0.1) is 0 Å². The minimum absolute atomic E-state index is 0.127. The molecule has 0 fully saturated rings. The number of nitrogens with one attached hydrogen (secondary N) is 1. The van der Waals surface area contributed by atoms with Gasteiger partial charge >= 0.3 is 0 Å². The van der Waals surface area contributed by atoms with E-state index in [-0.39, 0.29) is 5.92 Å². The van der Waals surface area contributed by atoms with E-state index in [1.165, 1.54) is 5.56 Å². The van der Waals surface area contributed by atoms with Crippen molar-refractivity contribution in [2.45, 2.75) is 26.2 Å². The Morgan fingerprint density at radius 2 is 1.76 bits per heavy atom. The SMILES string of the molecule is CCNCC(Cc1cccc(F)c1F)c1ccc(C)cc1. The third-order valence-corrected chi connectivity index (χ3v) is 3.69. The van der Waals surface area contributed by atoms with Crippen LogP contribution in [-0.2, 0) is 6.42 Å². The summed E-state index contributed by atoms with van der Waals surface area (Å²) in [7, 11) is 0. The van der Waals surface area contributed by atoms with Crippen molar-refractivity contribution in [1.82, 2.24) is 5.32 Å². The summed E-state index contributed by atoms with van der Waals surface area (Å²) in [6, 6.07) is 12.6. The van der Waals surface area contributed by atoms with Crippen LogP contribution in [0.1, 0.15) is 29.5 Å². The summed E-state index contributed by atoms with van der Waals surface area (Å²) in [5, 5.41) is 3.30. The average Bonchev–Trinajstić information content (AvgIpc) is 2.49. The van der Waals surface area contributed by atoms with Gasteiger partial charge in [-0.1, -0.05) is 48.9 Å². The van der Waals surface area contributed by atoms with Crippen molar-refractivity contribution in [2.24, 2.45) is 0 Å². The quantitative estimate of drug-likeness (QED) is 0.840. The summed E-state index contributed by atoms with van der Waals surface area (Å²) in [6.45, 7) is 5.67. The topological polar surface area (TPSA) is 12.0 Å². The fourth-order valence-corrected chi connectivity index (χ4v) is 2.44. The summed E-state index contributed by atoms with van der Waals surface area (Å²) in [5.41, 5.74) is 2.77. The van der Waals surface area contributed by atoms with Crippen LogP contribution in [0.4, 0.5) is 8.78 Å². The van der Waals surface area contributed by atoms with E-state index in [9.17, 15) is 8.78 Å². The van der Waals surface area contributed by atoms with Crippen molar-refractivity contribution in [3.8, 4) is 0 Å². The van der Waals surface area contributed by atoms with E-state index in [1.54, 1.807) is 12.1 Å². The molecule has 21 heavy (non-hydrogen) atoms. The van der Waals surface area contributed by atoms with Crippen LogP contribution in [0, 0.1) is 18.6 Å². The van der Waals surface area contributed by atoms with Crippen LogP contribution in [0.15, 0.2) is 42.5 Å². The Morgan fingerprint density at radius 3 is 2.43 bits per heavy atom. The lowest BCUT2D eigenvalue weighted by Crippen LogP contribution is -2.23. The van der Waals surface area contributed by atoms with Gasteiger partial charge in [0.1, 0.15) is 0 Å². The van der Waals surface area contributed by atoms with Crippen LogP contribution in [0.3, 0.4) is 0 Å². The van der Waals surface area contributed by atoms with Crippen LogP contribution in [0.25, 0.3) is 0 Å². The molecule has 0 bridgehead atoms. The molecule has 0 aromatic heterocycles. The lowest BCUT2D eigenvalue weighted by molar-refractivity contribution is 0.490. The van der Waals surface area contributed by atoms with Crippen LogP contribution < -0.4 is 5.32 Å². The molecule has 1 N–H and O–H groups in total. The Balaban J connectivity index is 2.23. The van der Waals surface area contributed by atoms with Gasteiger partial charge < -0.3 is 5.32 Å². The lowest BCUT2D eigenvalue weighted by Gasteiger charge is -2.19. The van der Waals surface area contributed by atoms with Crippen molar-refractivity contribution in [1.29, 1.82) is 0 Å². The second kappa shape index (κ2) is 7.32. The number of likely N-dealkylation sites (N-methyl/N-ethyl adjacent to an activating group) is 1. The molecule has 2 rings (SSSR count). The average molecular weight is 289 g/mol. The molecular weight excluding hydrogens is 268 g/mol. The predicted octanol–water partition coefficient (Wildman–Crippen LogP) is 4.21. The maximum absolute atomic E-state index is 13.9. The molecule has 0 aliphatic heterocycles. The summed E-state index contributed by atoms with van der Waals surface area (Å²) >= 11 is 0. The van der Waals surface area contributed by atoms with Gasteiger partial charge in [0, 0.05) is 12.5 Å². The Bertz CT molecular complexity index is 578. The van der Waals surface area contributed by atoms with Gasteiger partial charge in [-0.15, -0.1) is 0 Å². The van der Waals surface area contributed by atoms with Crippen LogP contribution in [-0.4, -0.2) is 13.1 Å². The van der Waals surface area contributed by atoms with Crippen LogP contribution in [0.5, 0.6) is 0 Å². The summed E-state index contributed by atoms with van der Waals surface area (Å²) < 4.78 is 27.2. The predicted molar refractivity (Wildman–Crippen MR) is 82.5 cm³/mol. The van der Waals surface area contributed by atoms with Crippen LogP contribution >= 0.6 is 0 Å². The summed E-state index contributed by atoms with van der Waals surface area (Å²) in [5.74, 6) is -1.38. The highest BCUT2D eigenvalue weighted by molar-refractivity contribution is 5.28. The minimum Gasteiger partial charge on any atom is -0.316 e. The largest absolute Gasteiger partial charge is 0.316 e. The van der Waals surface area contributed by atoms with Gasteiger partial charge in [0.25, 0.3) is 0 Å². The molecule has 0 heterocycles. The molecule has 0 amide bonds. The fourth-order valence-electron chi connectivity index (χ4n) is 2.44. The molecule has 0 saturated heterocycles. The molecule has 0 saturated carbocycles. The molecule has 0 aliphatic carbocycles. The monoisotopic (exact) mass is 289 g/mol. The first-order valence-corrected chi connectivity index (χ1v) is 7.32. The fraction of sp³-hybridized carbons (Fsp3) is 0.333. The number of benzene rings is 2. The zero-order valence-corrected chi connectivity index (χ0v) is 12.5. The van der Waals surface area contributed by atoms with E-state index in [1.807, 2.05) is 13.8 Å². The van der Waals surface area contributed by atoms with Crippen LogP contribution in [0.2, 0.25) is 0 Å². The zero-order chi connectivity index (χ0) is 15.2.